The Morgan fingerprint density at radius 3 is 1.37 bits per heavy atom. The molecule has 0 spiro atoms. The van der Waals surface area contributed by atoms with Gasteiger partial charge < -0.3 is 83.3 Å². The number of rotatable bonds is 22. The van der Waals surface area contributed by atoms with E-state index in [9.17, 15) is 27.1 Å². The number of carbonyl (C=O) groups excluding carboxylic acids is 1. The number of carbonyl (C=O) groups is 1. The Hall–Kier alpha value is -11.8. The van der Waals surface area contributed by atoms with Crippen molar-refractivity contribution in [2.45, 2.75) is 57.8 Å². The first-order valence-electron chi connectivity index (χ1n) is 30.4. The van der Waals surface area contributed by atoms with Gasteiger partial charge in [-0.1, -0.05) is 35.9 Å². The summed E-state index contributed by atoms with van der Waals surface area (Å²) in [6.45, 7) is 8.53. The van der Waals surface area contributed by atoms with Crippen LogP contribution in [-0.4, -0.2) is 117 Å². The molecule has 0 fully saturated rings. The van der Waals surface area contributed by atoms with E-state index < -0.39 is 21.8 Å². The number of amides is 1. The van der Waals surface area contributed by atoms with Gasteiger partial charge in [-0.2, -0.15) is 28.4 Å². The second kappa shape index (κ2) is 36.2. The second-order valence-electron chi connectivity index (χ2n) is 22.1. The number of benzene rings is 5. The lowest BCUT2D eigenvalue weighted by molar-refractivity contribution is 0.0531. The first-order chi connectivity index (χ1) is 48.5. The molecule has 12 rings (SSSR count). The Morgan fingerprint density at radius 1 is 0.574 bits per heavy atom. The second-order valence-corrected chi connectivity index (χ2v) is 23.9. The molecule has 0 aliphatic rings. The number of aromatic nitrogens is 7. The highest BCUT2D eigenvalue weighted by atomic mass is 35.5. The Labute approximate surface area is 581 Å². The number of ether oxygens (including phenoxy) is 6. The summed E-state index contributed by atoms with van der Waals surface area (Å²) in [6.07, 6.45) is 5.22. The highest BCUT2D eigenvalue weighted by Crippen LogP contribution is 2.29. The van der Waals surface area contributed by atoms with Crippen LogP contribution in [0.15, 0.2) is 198 Å². The van der Waals surface area contributed by atoms with E-state index in [0.717, 1.165) is 22.3 Å². The number of oxazole rings is 4. The summed E-state index contributed by atoms with van der Waals surface area (Å²) in [5.74, 6) is 2.93. The quantitative estimate of drug-likeness (QED) is 0.0292. The Bertz CT molecular complexity index is 4870. The predicted octanol–water partition coefficient (Wildman–Crippen LogP) is 13.6. The van der Waals surface area contributed by atoms with E-state index in [1.807, 2.05) is 43.3 Å². The van der Waals surface area contributed by atoms with E-state index in [2.05, 4.69) is 56.2 Å². The summed E-state index contributed by atoms with van der Waals surface area (Å²) in [7, 11) is 0.688. The number of nitrogens with zero attached hydrogens (tertiary/aromatic N) is 7. The molecule has 0 saturated heterocycles. The minimum Gasteiger partial charge on any atom is -0.508 e. The highest BCUT2D eigenvalue weighted by molar-refractivity contribution is 7.85. The third-order valence-electron chi connectivity index (χ3n) is 13.5. The monoisotopic (exact) mass is 1430 g/mol. The average molecular weight is 1430 g/mol. The number of hydrogen-bond acceptors (Lipinski definition) is 26. The molecular formula is C69H71ClF2N12O16S. The lowest BCUT2D eigenvalue weighted by atomic mass is 10.2. The molecule has 0 atom stereocenters. The van der Waals surface area contributed by atoms with Gasteiger partial charge in [0.05, 0.1) is 38.9 Å². The largest absolute Gasteiger partial charge is 0.508 e. The van der Waals surface area contributed by atoms with Crippen LogP contribution < -0.4 is 50.7 Å². The van der Waals surface area contributed by atoms with Gasteiger partial charge in [0.15, 0.2) is 22.3 Å². The number of aromatic hydroxyl groups is 2. The number of alkyl carbamates (subject to hydrolysis) is 1. The molecule has 7 aromatic heterocycles. The molecule has 9 N–H and O–H groups in total. The van der Waals surface area contributed by atoms with Crippen molar-refractivity contribution in [3.05, 3.63) is 203 Å². The SMILES string of the molecule is COc1ncccc1CNc1nc2ccc(O)cc2o1.COc1ncccc1CNc1nc2ccc(OC/C(=C\F)CN)cc2o1.COc1ncccc1CNc1nc2ccc(OC/C(=C\F)CNC(=O)OC(C)(C)C)cc2o1.Cc1ccc(S(=O)(=O)O)cc1.Oc1ccc2nc(Cl)oc2c1. The number of phenols is 2. The smallest absolute Gasteiger partial charge is 0.407 e. The molecule has 530 valence electrons. The molecule has 5 aromatic carbocycles. The number of hydrogen-bond donors (Lipinski definition) is 8. The zero-order valence-corrected chi connectivity index (χ0v) is 57.0. The summed E-state index contributed by atoms with van der Waals surface area (Å²) in [4.78, 5) is 40.9. The van der Waals surface area contributed by atoms with E-state index in [0.29, 0.717) is 129 Å². The molecule has 28 nitrogen and oxygen atoms in total. The molecule has 1 amide bonds. The minimum atomic E-state index is -4.02. The normalized spacial score (nSPS) is 11.4. The summed E-state index contributed by atoms with van der Waals surface area (Å²) in [5.41, 5.74) is 13.7. The van der Waals surface area contributed by atoms with Crippen LogP contribution in [0.3, 0.4) is 0 Å². The molecule has 0 bridgehead atoms. The topological polar surface area (TPSA) is 384 Å². The van der Waals surface area contributed by atoms with Crippen molar-refractivity contribution in [2.24, 2.45) is 5.73 Å². The molecule has 0 unspecified atom stereocenters. The molecule has 32 heteroatoms. The Morgan fingerprint density at radius 2 is 0.970 bits per heavy atom. The van der Waals surface area contributed by atoms with Crippen molar-refractivity contribution in [1.82, 2.24) is 40.2 Å². The van der Waals surface area contributed by atoms with Crippen LogP contribution in [0.4, 0.5) is 31.6 Å². The number of anilines is 3. The van der Waals surface area contributed by atoms with Crippen LogP contribution in [0.2, 0.25) is 5.35 Å². The van der Waals surface area contributed by atoms with Gasteiger partial charge in [0.25, 0.3) is 33.5 Å². The van der Waals surface area contributed by atoms with Crippen molar-refractivity contribution in [3.63, 3.8) is 0 Å². The van der Waals surface area contributed by atoms with Gasteiger partial charge >= 0.3 is 6.09 Å². The lowest BCUT2D eigenvalue weighted by Crippen LogP contribution is -2.34. The molecule has 12 aromatic rings. The molecule has 101 heavy (non-hydrogen) atoms. The third-order valence-corrected chi connectivity index (χ3v) is 14.5. The standard InChI is InChI=1S/C23H27FN4O5.C18H19FN4O3.C14H13N3O3.C7H4ClNO2.C7H8O3S/c1-23(2,3)33-22(29)27-12-15(11-24)14-31-17-7-8-18-19(10-17)32-21(28-18)26-13-16-6-5-9-25-20(16)30-4;1-24-17-13(3-2-6-21-17)10-22-18-23-15-5-4-14(7-16(15)26-18)25-11-12(8-19)9-20;1-19-13-9(3-2-6-15-13)8-16-14-17-11-5-4-10(18)7-12(11)20-14;8-7-9-5-2-1-4(10)3-6(5)11-7;1-6-2-4-7(5-3-6)11(8,9)10/h5-11H,12-14H2,1-4H3,(H,26,28)(H,27,29);2-8H,9-11,20H2,1H3,(H,22,23);2-7,18H,8H2,1H3,(H,16,17);1-3,10H;2-5H,1H3,(H,8,9,10)/b15-11-;12-8-;;;. The maximum atomic E-state index is 13.2. The summed E-state index contributed by atoms with van der Waals surface area (Å²) in [6, 6.07) is 38.0. The Balaban J connectivity index is 0.000000170. The van der Waals surface area contributed by atoms with Gasteiger partial charge in [0.1, 0.15) is 63.9 Å². The minimum absolute atomic E-state index is 0.0398. The van der Waals surface area contributed by atoms with Crippen LogP contribution in [0.25, 0.3) is 44.4 Å². The number of nitrogens with one attached hydrogen (secondary N) is 4. The third kappa shape index (κ3) is 23.2. The summed E-state index contributed by atoms with van der Waals surface area (Å²) < 4.78 is 109. The van der Waals surface area contributed by atoms with E-state index >= 15 is 0 Å². The van der Waals surface area contributed by atoms with Crippen LogP contribution in [0.1, 0.15) is 43.0 Å². The van der Waals surface area contributed by atoms with Crippen LogP contribution in [0.5, 0.6) is 40.6 Å². The van der Waals surface area contributed by atoms with Crippen LogP contribution >= 0.6 is 11.6 Å². The summed E-state index contributed by atoms with van der Waals surface area (Å²) in [5, 5.41) is 30.2. The number of aryl methyl sites for hydroxylation is 1. The highest BCUT2D eigenvalue weighted by Gasteiger charge is 2.18. The van der Waals surface area contributed by atoms with Gasteiger partial charge in [0, 0.05) is 103 Å². The fraction of sp³-hybridized carbons (Fsp3) is 0.217. The number of methoxy groups -OCH3 is 3. The number of fused-ring (bicyclic) bond motifs is 4. The maximum absolute atomic E-state index is 13.2. The Kier molecular flexibility index (Phi) is 26.8. The van der Waals surface area contributed by atoms with Crippen molar-refractivity contribution < 1.29 is 82.8 Å². The molecule has 0 aliphatic carbocycles. The van der Waals surface area contributed by atoms with Crippen molar-refractivity contribution >= 4 is 90.3 Å². The fourth-order valence-corrected chi connectivity index (χ4v) is 9.23. The van der Waals surface area contributed by atoms with Crippen LogP contribution in [-0.2, 0) is 34.5 Å². The van der Waals surface area contributed by atoms with Gasteiger partial charge in [-0.15, -0.1) is 0 Å². The summed E-state index contributed by atoms with van der Waals surface area (Å²) >= 11 is 5.48. The van der Waals surface area contributed by atoms with Crippen molar-refractivity contribution in [2.75, 3.05) is 63.6 Å². The zero-order valence-electron chi connectivity index (χ0n) is 55.4. The number of nitrogens with two attached hydrogens (primary N) is 1. The lowest BCUT2D eigenvalue weighted by Gasteiger charge is -2.20. The van der Waals surface area contributed by atoms with E-state index in [4.69, 9.17) is 73.1 Å². The van der Waals surface area contributed by atoms with E-state index in [1.54, 1.807) is 127 Å². The first-order valence-corrected chi connectivity index (χ1v) is 32.2. The fourth-order valence-electron chi connectivity index (χ4n) is 8.57. The average Bonchev–Trinajstić information content (AvgIpc) is 1.72. The number of pyridine rings is 3. The molecule has 7 heterocycles. The maximum Gasteiger partial charge on any atom is 0.407 e. The molecule has 0 radical (unpaired) electrons. The van der Waals surface area contributed by atoms with Gasteiger partial charge in [-0.25, -0.2) is 28.5 Å². The predicted molar refractivity (Wildman–Crippen MR) is 372 cm³/mol. The van der Waals surface area contributed by atoms with E-state index in [1.165, 1.54) is 30.3 Å². The molecule has 0 aliphatic heterocycles. The van der Waals surface area contributed by atoms with Gasteiger partial charge in [0.2, 0.25) is 17.6 Å². The van der Waals surface area contributed by atoms with Gasteiger partial charge in [-0.05, 0) is 118 Å². The van der Waals surface area contributed by atoms with E-state index in [-0.39, 0.29) is 53.6 Å². The van der Waals surface area contributed by atoms with Gasteiger partial charge in [-0.3, -0.25) is 4.55 Å². The first kappa shape index (κ1) is 75.0. The molecule has 0 saturated carbocycles. The number of halogens is 3. The zero-order chi connectivity index (χ0) is 72.5. The molecular weight excluding hydrogens is 1360 g/mol. The van der Waals surface area contributed by atoms with Crippen LogP contribution in [0, 0.1) is 6.92 Å². The number of phenolic OH excluding ortho intramolecular Hbond substituents is 2. The van der Waals surface area contributed by atoms with Crippen molar-refractivity contribution in [3.8, 4) is 40.6 Å². The van der Waals surface area contributed by atoms with Crippen molar-refractivity contribution in [1.29, 1.82) is 0 Å².